The van der Waals surface area contributed by atoms with Gasteiger partial charge in [0, 0.05) is 23.7 Å². The number of rotatable bonds is 3. The maximum Gasteiger partial charge on any atom is 0.269 e. The lowest BCUT2D eigenvalue weighted by molar-refractivity contribution is -0.384. The normalized spacial score (nSPS) is 16.2. The lowest BCUT2D eigenvalue weighted by Gasteiger charge is -2.24. The SMILES string of the molecule is O=[N+]([O-])c1ccc(-c2cncn2C2CCCCC2)cc1. The van der Waals surface area contributed by atoms with Crippen LogP contribution >= 0.6 is 0 Å². The second-order valence-corrected chi connectivity index (χ2v) is 5.28. The summed E-state index contributed by atoms with van der Waals surface area (Å²) in [6, 6.07) is 7.21. The molecule has 3 rings (SSSR count). The Morgan fingerprint density at radius 3 is 2.50 bits per heavy atom. The molecule has 1 heterocycles. The molecule has 1 saturated carbocycles. The van der Waals surface area contributed by atoms with Crippen LogP contribution in [0.4, 0.5) is 5.69 Å². The molecule has 0 atom stereocenters. The fourth-order valence-corrected chi connectivity index (χ4v) is 2.93. The Labute approximate surface area is 117 Å². The number of benzene rings is 1. The third-order valence-corrected chi connectivity index (χ3v) is 4.01. The number of non-ortho nitro benzene ring substituents is 1. The molecular weight excluding hydrogens is 254 g/mol. The van der Waals surface area contributed by atoms with Crippen molar-refractivity contribution in [2.75, 3.05) is 0 Å². The first kappa shape index (κ1) is 12.8. The van der Waals surface area contributed by atoms with Crippen molar-refractivity contribution in [3.8, 4) is 11.3 Å². The van der Waals surface area contributed by atoms with Gasteiger partial charge in [0.15, 0.2) is 0 Å². The third kappa shape index (κ3) is 2.43. The van der Waals surface area contributed by atoms with Crippen molar-refractivity contribution < 1.29 is 4.92 Å². The van der Waals surface area contributed by atoms with Gasteiger partial charge in [0.1, 0.15) is 0 Å². The zero-order chi connectivity index (χ0) is 13.9. The minimum atomic E-state index is -0.373. The number of hydrogen-bond donors (Lipinski definition) is 0. The van der Waals surface area contributed by atoms with Gasteiger partial charge in [-0.15, -0.1) is 0 Å². The zero-order valence-electron chi connectivity index (χ0n) is 11.2. The molecule has 5 nitrogen and oxygen atoms in total. The largest absolute Gasteiger partial charge is 0.328 e. The van der Waals surface area contributed by atoms with Gasteiger partial charge in [-0.3, -0.25) is 10.1 Å². The van der Waals surface area contributed by atoms with Gasteiger partial charge >= 0.3 is 0 Å². The van der Waals surface area contributed by atoms with Gasteiger partial charge in [0.2, 0.25) is 0 Å². The van der Waals surface area contributed by atoms with E-state index in [1.54, 1.807) is 24.3 Å². The van der Waals surface area contributed by atoms with Crippen LogP contribution in [0.1, 0.15) is 38.1 Å². The van der Waals surface area contributed by atoms with Gasteiger partial charge in [-0.1, -0.05) is 19.3 Å². The Bertz CT molecular complexity index is 598. The van der Waals surface area contributed by atoms with Crippen molar-refractivity contribution in [3.63, 3.8) is 0 Å². The molecule has 1 fully saturated rings. The van der Waals surface area contributed by atoms with Gasteiger partial charge in [-0.25, -0.2) is 4.98 Å². The molecular formula is C15H17N3O2. The van der Waals surface area contributed by atoms with Crippen LogP contribution in [0.2, 0.25) is 0 Å². The Balaban J connectivity index is 1.90. The maximum absolute atomic E-state index is 10.7. The maximum atomic E-state index is 10.7. The summed E-state index contributed by atoms with van der Waals surface area (Å²) in [5, 5.41) is 10.7. The number of imidazole rings is 1. The van der Waals surface area contributed by atoms with Crippen LogP contribution < -0.4 is 0 Å². The van der Waals surface area contributed by atoms with E-state index in [2.05, 4.69) is 9.55 Å². The molecule has 0 N–H and O–H groups in total. The fraction of sp³-hybridized carbons (Fsp3) is 0.400. The Morgan fingerprint density at radius 1 is 1.15 bits per heavy atom. The van der Waals surface area contributed by atoms with Crippen LogP contribution in [0, 0.1) is 10.1 Å². The van der Waals surface area contributed by atoms with E-state index < -0.39 is 0 Å². The molecule has 5 heteroatoms. The quantitative estimate of drug-likeness (QED) is 0.627. The minimum absolute atomic E-state index is 0.123. The summed E-state index contributed by atoms with van der Waals surface area (Å²) in [5.74, 6) is 0. The Kier molecular flexibility index (Phi) is 3.50. The molecule has 1 aromatic heterocycles. The molecule has 1 aliphatic carbocycles. The molecule has 0 amide bonds. The number of nitro groups is 1. The lowest BCUT2D eigenvalue weighted by atomic mass is 9.95. The predicted molar refractivity (Wildman–Crippen MR) is 76.4 cm³/mol. The molecule has 1 aromatic carbocycles. The van der Waals surface area contributed by atoms with Crippen molar-refractivity contribution in [3.05, 3.63) is 46.9 Å². The Hall–Kier alpha value is -2.17. The van der Waals surface area contributed by atoms with Crippen molar-refractivity contribution in [2.45, 2.75) is 38.1 Å². The van der Waals surface area contributed by atoms with E-state index in [4.69, 9.17) is 0 Å². The summed E-state index contributed by atoms with van der Waals surface area (Å²) in [7, 11) is 0. The van der Waals surface area contributed by atoms with Crippen molar-refractivity contribution >= 4 is 5.69 Å². The predicted octanol–water partition coefficient (Wildman–Crippen LogP) is 3.96. The molecule has 1 aliphatic rings. The average Bonchev–Trinajstić information content (AvgIpc) is 2.97. The van der Waals surface area contributed by atoms with Gasteiger partial charge in [-0.05, 0) is 25.0 Å². The smallest absolute Gasteiger partial charge is 0.269 e. The van der Waals surface area contributed by atoms with Gasteiger partial charge in [0.25, 0.3) is 5.69 Å². The van der Waals surface area contributed by atoms with Crippen molar-refractivity contribution in [1.29, 1.82) is 0 Å². The number of aromatic nitrogens is 2. The highest BCUT2D eigenvalue weighted by atomic mass is 16.6. The minimum Gasteiger partial charge on any atom is -0.328 e. The van der Waals surface area contributed by atoms with E-state index in [-0.39, 0.29) is 10.6 Å². The monoisotopic (exact) mass is 271 g/mol. The topological polar surface area (TPSA) is 61.0 Å². The van der Waals surface area contributed by atoms with Crippen LogP contribution in [0.15, 0.2) is 36.8 Å². The molecule has 0 spiro atoms. The zero-order valence-corrected chi connectivity index (χ0v) is 11.2. The highest BCUT2D eigenvalue weighted by molar-refractivity contribution is 5.60. The molecule has 104 valence electrons. The third-order valence-electron chi connectivity index (χ3n) is 4.01. The first-order valence-electron chi connectivity index (χ1n) is 7.02. The average molecular weight is 271 g/mol. The molecule has 2 aromatic rings. The number of hydrogen-bond acceptors (Lipinski definition) is 3. The summed E-state index contributed by atoms with van der Waals surface area (Å²) in [5.41, 5.74) is 2.16. The van der Waals surface area contributed by atoms with E-state index in [1.165, 1.54) is 32.1 Å². The second kappa shape index (κ2) is 5.45. The molecule has 0 unspecified atom stereocenters. The summed E-state index contributed by atoms with van der Waals surface area (Å²) in [6.45, 7) is 0. The Morgan fingerprint density at radius 2 is 1.85 bits per heavy atom. The van der Waals surface area contributed by atoms with Crippen LogP contribution in [-0.2, 0) is 0 Å². The molecule has 0 aliphatic heterocycles. The lowest BCUT2D eigenvalue weighted by Crippen LogP contribution is -2.12. The standard InChI is InChI=1S/C15H17N3O2/c19-18(20)14-8-6-12(7-9-14)15-10-16-11-17(15)13-4-2-1-3-5-13/h6-11,13H,1-5H2. The van der Waals surface area contributed by atoms with Crippen LogP contribution in [0.3, 0.4) is 0 Å². The summed E-state index contributed by atoms with van der Waals surface area (Å²) >= 11 is 0. The van der Waals surface area contributed by atoms with E-state index in [0.29, 0.717) is 6.04 Å². The number of nitro benzene ring substituents is 1. The van der Waals surface area contributed by atoms with Gasteiger partial charge in [0.05, 0.1) is 23.1 Å². The van der Waals surface area contributed by atoms with E-state index in [9.17, 15) is 10.1 Å². The van der Waals surface area contributed by atoms with Crippen LogP contribution in [0.5, 0.6) is 0 Å². The van der Waals surface area contributed by atoms with Gasteiger partial charge in [-0.2, -0.15) is 0 Å². The van der Waals surface area contributed by atoms with E-state index >= 15 is 0 Å². The summed E-state index contributed by atoms with van der Waals surface area (Å²) < 4.78 is 2.22. The van der Waals surface area contributed by atoms with Crippen LogP contribution in [-0.4, -0.2) is 14.5 Å². The van der Waals surface area contributed by atoms with Crippen molar-refractivity contribution in [2.24, 2.45) is 0 Å². The number of nitrogens with zero attached hydrogens (tertiary/aromatic N) is 3. The molecule has 0 bridgehead atoms. The molecule has 0 radical (unpaired) electrons. The second-order valence-electron chi connectivity index (χ2n) is 5.28. The highest BCUT2D eigenvalue weighted by Crippen LogP contribution is 2.32. The van der Waals surface area contributed by atoms with Crippen LogP contribution in [0.25, 0.3) is 11.3 Å². The van der Waals surface area contributed by atoms with Crippen molar-refractivity contribution in [1.82, 2.24) is 9.55 Å². The first-order chi connectivity index (χ1) is 9.75. The summed E-state index contributed by atoms with van der Waals surface area (Å²) in [4.78, 5) is 14.6. The highest BCUT2D eigenvalue weighted by Gasteiger charge is 2.18. The fourth-order valence-electron chi connectivity index (χ4n) is 2.93. The summed E-state index contributed by atoms with van der Waals surface area (Å²) in [6.07, 6.45) is 9.96. The van der Waals surface area contributed by atoms with Gasteiger partial charge < -0.3 is 4.57 Å². The van der Waals surface area contributed by atoms with E-state index in [0.717, 1.165) is 11.3 Å². The first-order valence-corrected chi connectivity index (χ1v) is 7.02. The molecule has 0 saturated heterocycles. The molecule has 20 heavy (non-hydrogen) atoms. The van der Waals surface area contributed by atoms with E-state index in [1.807, 2.05) is 12.5 Å².